The summed E-state index contributed by atoms with van der Waals surface area (Å²) in [6, 6.07) is 0. The summed E-state index contributed by atoms with van der Waals surface area (Å²) < 4.78 is 16.2. The van der Waals surface area contributed by atoms with Crippen LogP contribution in [0.3, 0.4) is 0 Å². The molecule has 1 unspecified atom stereocenters. The van der Waals surface area contributed by atoms with Crippen LogP contribution < -0.4 is 0 Å². The van der Waals surface area contributed by atoms with Crippen LogP contribution >= 0.6 is 11.6 Å². The first-order chi connectivity index (χ1) is 7.25. The molecule has 0 radical (unpaired) electrons. The smallest absolute Gasteiger partial charge is 0.292 e. The predicted octanol–water partition coefficient (Wildman–Crippen LogP) is 2.68. The highest BCUT2D eigenvalue weighted by Crippen LogP contribution is 2.19. The number of hydrogen-bond donors (Lipinski definition) is 0. The van der Waals surface area contributed by atoms with Crippen LogP contribution in [-0.4, -0.2) is 17.9 Å². The number of halogens is 1. The Bertz CT molecular complexity index is 320. The molecule has 2 rings (SSSR count). The van der Waals surface area contributed by atoms with Crippen molar-refractivity contribution in [2.75, 3.05) is 6.61 Å². The lowest BCUT2D eigenvalue weighted by molar-refractivity contribution is -0.171. The van der Waals surface area contributed by atoms with Crippen molar-refractivity contribution in [2.45, 2.75) is 39.1 Å². The van der Waals surface area contributed by atoms with E-state index in [2.05, 4.69) is 4.98 Å². The maximum absolute atomic E-state index is 5.62. The average Bonchev–Trinajstić information content (AvgIpc) is 2.56. The lowest BCUT2D eigenvalue weighted by Crippen LogP contribution is -2.22. The Kier molecular flexibility index (Phi) is 3.61. The van der Waals surface area contributed by atoms with Gasteiger partial charge in [0, 0.05) is 6.61 Å². The fourth-order valence-electron chi connectivity index (χ4n) is 1.54. The molecular weight excluding hydrogens is 218 g/mol. The van der Waals surface area contributed by atoms with Gasteiger partial charge in [0.25, 0.3) is 5.35 Å². The van der Waals surface area contributed by atoms with Gasteiger partial charge >= 0.3 is 0 Å². The minimum atomic E-state index is -0.109. The van der Waals surface area contributed by atoms with Crippen molar-refractivity contribution in [3.8, 4) is 0 Å². The average molecular weight is 232 g/mol. The fraction of sp³-hybridized carbons (Fsp3) is 0.700. The second-order valence-electron chi connectivity index (χ2n) is 3.58. The van der Waals surface area contributed by atoms with Gasteiger partial charge in [0.15, 0.2) is 12.1 Å². The molecule has 1 aliphatic rings. The number of nitrogens with zero attached hydrogens (tertiary/aromatic N) is 1. The number of rotatable bonds is 3. The molecule has 84 valence electrons. The van der Waals surface area contributed by atoms with Gasteiger partial charge in [-0.25, -0.2) is 4.98 Å². The third-order valence-electron chi connectivity index (χ3n) is 2.40. The highest BCUT2D eigenvalue weighted by molar-refractivity contribution is 6.27. The normalized spacial score (nSPS) is 21.9. The maximum Gasteiger partial charge on any atom is 0.292 e. The van der Waals surface area contributed by atoms with Gasteiger partial charge in [-0.3, -0.25) is 0 Å². The lowest BCUT2D eigenvalue weighted by Gasteiger charge is -2.22. The molecule has 0 saturated carbocycles. The summed E-state index contributed by atoms with van der Waals surface area (Å²) in [6.07, 6.45) is 3.11. The van der Waals surface area contributed by atoms with Crippen LogP contribution in [0.1, 0.15) is 30.7 Å². The molecule has 0 aromatic carbocycles. The molecule has 5 heteroatoms. The van der Waals surface area contributed by atoms with Gasteiger partial charge < -0.3 is 13.9 Å². The van der Waals surface area contributed by atoms with E-state index in [1.807, 2.05) is 6.92 Å². The topological polar surface area (TPSA) is 44.5 Å². The highest BCUT2D eigenvalue weighted by Gasteiger charge is 2.16. The summed E-state index contributed by atoms with van der Waals surface area (Å²) in [5.41, 5.74) is 0.774. The summed E-state index contributed by atoms with van der Waals surface area (Å²) in [5.74, 6) is 0.675. The Morgan fingerprint density at radius 3 is 3.00 bits per heavy atom. The lowest BCUT2D eigenvalue weighted by atomic mass is 10.2. The van der Waals surface area contributed by atoms with Gasteiger partial charge in [-0.15, -0.1) is 0 Å². The summed E-state index contributed by atoms with van der Waals surface area (Å²) >= 11 is 5.62. The Hall–Kier alpha value is -0.580. The fourth-order valence-corrected chi connectivity index (χ4v) is 1.76. The van der Waals surface area contributed by atoms with E-state index in [9.17, 15) is 0 Å². The van der Waals surface area contributed by atoms with E-state index in [0.717, 1.165) is 31.6 Å². The Morgan fingerprint density at radius 2 is 2.40 bits per heavy atom. The van der Waals surface area contributed by atoms with Gasteiger partial charge in [-0.05, 0) is 37.8 Å². The number of hydrogen-bond acceptors (Lipinski definition) is 4. The van der Waals surface area contributed by atoms with Crippen LogP contribution in [0.15, 0.2) is 4.42 Å². The standard InChI is InChI=1S/C10H14ClNO3/c1-7-8(15-10(11)12-7)6-14-9-4-2-3-5-13-9/h9H,2-6H2,1H3. The SMILES string of the molecule is Cc1nc(Cl)oc1COC1CCCCO1. The minimum Gasteiger partial charge on any atom is -0.430 e. The van der Waals surface area contributed by atoms with Gasteiger partial charge in [0.1, 0.15) is 6.61 Å². The number of aryl methyl sites for hydroxylation is 1. The Balaban J connectivity index is 1.84. The molecule has 15 heavy (non-hydrogen) atoms. The predicted molar refractivity (Wildman–Crippen MR) is 54.6 cm³/mol. The molecule has 1 aliphatic heterocycles. The van der Waals surface area contributed by atoms with Crippen molar-refractivity contribution in [1.29, 1.82) is 0 Å². The first-order valence-corrected chi connectivity index (χ1v) is 5.48. The van der Waals surface area contributed by atoms with Crippen LogP contribution in [-0.2, 0) is 16.1 Å². The van der Waals surface area contributed by atoms with Gasteiger partial charge in [-0.2, -0.15) is 0 Å². The largest absolute Gasteiger partial charge is 0.430 e. The van der Waals surface area contributed by atoms with Crippen molar-refractivity contribution in [3.05, 3.63) is 16.8 Å². The third kappa shape index (κ3) is 2.93. The quantitative estimate of drug-likeness (QED) is 0.802. The summed E-state index contributed by atoms with van der Waals surface area (Å²) in [7, 11) is 0. The molecule has 1 fully saturated rings. The number of oxazole rings is 1. The summed E-state index contributed by atoms with van der Waals surface area (Å²) in [6.45, 7) is 2.99. The van der Waals surface area contributed by atoms with Crippen molar-refractivity contribution in [1.82, 2.24) is 4.98 Å². The van der Waals surface area contributed by atoms with Crippen molar-refractivity contribution < 1.29 is 13.9 Å². The molecule has 1 aromatic rings. The third-order valence-corrected chi connectivity index (χ3v) is 2.57. The molecule has 1 aromatic heterocycles. The van der Waals surface area contributed by atoms with Gasteiger partial charge in [0.05, 0.1) is 5.69 Å². The first kappa shape index (κ1) is 10.9. The summed E-state index contributed by atoms with van der Waals surface area (Å²) in [4.78, 5) is 3.95. The molecule has 4 nitrogen and oxygen atoms in total. The van der Waals surface area contributed by atoms with E-state index in [-0.39, 0.29) is 11.6 Å². The van der Waals surface area contributed by atoms with E-state index < -0.39 is 0 Å². The van der Waals surface area contributed by atoms with Crippen LogP contribution in [0, 0.1) is 6.92 Å². The minimum absolute atomic E-state index is 0.109. The monoisotopic (exact) mass is 231 g/mol. The van der Waals surface area contributed by atoms with Crippen molar-refractivity contribution in [2.24, 2.45) is 0 Å². The maximum atomic E-state index is 5.62. The molecule has 0 bridgehead atoms. The molecule has 0 amide bonds. The molecular formula is C10H14ClNO3. The number of ether oxygens (including phenoxy) is 2. The van der Waals surface area contributed by atoms with Crippen molar-refractivity contribution >= 4 is 11.6 Å². The number of aromatic nitrogens is 1. The molecule has 0 spiro atoms. The van der Waals surface area contributed by atoms with Crippen LogP contribution in [0.25, 0.3) is 0 Å². The molecule has 1 saturated heterocycles. The van der Waals surface area contributed by atoms with Crippen LogP contribution in [0.4, 0.5) is 0 Å². The van der Waals surface area contributed by atoms with E-state index in [1.54, 1.807) is 0 Å². The van der Waals surface area contributed by atoms with Gasteiger partial charge in [0.2, 0.25) is 0 Å². The second-order valence-corrected chi connectivity index (χ2v) is 3.91. The Morgan fingerprint density at radius 1 is 1.53 bits per heavy atom. The van der Waals surface area contributed by atoms with E-state index in [1.165, 1.54) is 0 Å². The molecule has 2 heterocycles. The summed E-state index contributed by atoms with van der Waals surface area (Å²) in [5, 5.41) is 0.163. The molecule has 1 atom stereocenters. The van der Waals surface area contributed by atoms with Crippen molar-refractivity contribution in [3.63, 3.8) is 0 Å². The van der Waals surface area contributed by atoms with E-state index in [0.29, 0.717) is 12.4 Å². The highest BCUT2D eigenvalue weighted by atomic mass is 35.5. The molecule has 0 aliphatic carbocycles. The van der Waals surface area contributed by atoms with E-state index in [4.69, 9.17) is 25.5 Å². The molecule has 0 N–H and O–H groups in total. The Labute approximate surface area is 93.5 Å². The van der Waals surface area contributed by atoms with Crippen LogP contribution in [0.2, 0.25) is 5.35 Å². The zero-order valence-electron chi connectivity index (χ0n) is 8.66. The zero-order chi connectivity index (χ0) is 10.7. The van der Waals surface area contributed by atoms with Gasteiger partial charge in [-0.1, -0.05) is 0 Å². The first-order valence-electron chi connectivity index (χ1n) is 5.11. The van der Waals surface area contributed by atoms with Crippen LogP contribution in [0.5, 0.6) is 0 Å². The second kappa shape index (κ2) is 4.96. The zero-order valence-corrected chi connectivity index (χ0v) is 9.42. The van der Waals surface area contributed by atoms with E-state index >= 15 is 0 Å².